The van der Waals surface area contributed by atoms with Gasteiger partial charge in [0.2, 0.25) is 5.91 Å². The summed E-state index contributed by atoms with van der Waals surface area (Å²) in [7, 11) is 1.52. The molecule has 2 aromatic rings. The van der Waals surface area contributed by atoms with E-state index in [2.05, 4.69) is 20.5 Å². The summed E-state index contributed by atoms with van der Waals surface area (Å²) < 4.78 is 5.11. The molecule has 0 radical (unpaired) electrons. The predicted octanol–water partition coefficient (Wildman–Crippen LogP) is 1.35. The smallest absolute Gasteiger partial charge is 0.305 e. The molecule has 1 saturated heterocycles. The zero-order chi connectivity index (χ0) is 20.3. The molecule has 11 heteroatoms. The number of anilines is 1. The first-order chi connectivity index (χ1) is 13.4. The number of rotatable bonds is 6. The maximum Gasteiger partial charge on any atom is 0.305 e. The van der Waals surface area contributed by atoms with E-state index in [0.29, 0.717) is 17.1 Å². The number of carbonyl (C=O) groups excluding carboxylic acids is 2. The van der Waals surface area contributed by atoms with Crippen molar-refractivity contribution in [2.45, 2.75) is 18.6 Å². The average molecular weight is 403 g/mol. The highest BCUT2D eigenvalue weighted by Crippen LogP contribution is 2.34. The van der Waals surface area contributed by atoms with Crippen LogP contribution in [0.2, 0.25) is 0 Å². The molecule has 0 bridgehead atoms. The Bertz CT molecular complexity index is 940. The number of aromatic amines is 1. The number of carboxylic acid groups (broad SMARTS) is 1. The molecule has 28 heavy (non-hydrogen) atoms. The SMILES string of the molecule is COc1ccc(N2C(=O)C(CC(=O)O)S/C2=N/NC(=O)c2nc[nH]c2C)cc1. The minimum Gasteiger partial charge on any atom is -0.497 e. The Labute approximate surface area is 164 Å². The highest BCUT2D eigenvalue weighted by molar-refractivity contribution is 8.16. The summed E-state index contributed by atoms with van der Waals surface area (Å²) in [6.07, 6.45) is 1.03. The van der Waals surface area contributed by atoms with Gasteiger partial charge < -0.3 is 14.8 Å². The number of nitrogens with one attached hydrogen (secondary N) is 2. The molecule has 10 nitrogen and oxygen atoms in total. The van der Waals surface area contributed by atoms with Gasteiger partial charge in [0.1, 0.15) is 11.0 Å². The number of hydrazone groups is 1. The van der Waals surface area contributed by atoms with Crippen LogP contribution in [0.25, 0.3) is 0 Å². The molecule has 2 amide bonds. The molecule has 1 aliphatic rings. The van der Waals surface area contributed by atoms with Crippen LogP contribution >= 0.6 is 11.8 Å². The van der Waals surface area contributed by atoms with E-state index < -0.39 is 23.0 Å². The van der Waals surface area contributed by atoms with Crippen LogP contribution in [0.1, 0.15) is 22.6 Å². The normalized spacial score (nSPS) is 17.8. The van der Waals surface area contributed by atoms with Gasteiger partial charge in [-0.15, -0.1) is 5.10 Å². The standard InChI is InChI=1S/C17H17N5O5S/c1-9-14(19-8-18-9)15(25)20-21-17-22(10-3-5-11(27-2)6-4-10)16(26)12(28-17)7-13(23)24/h3-6,8,12H,7H2,1-2H3,(H,18,19)(H,20,25)(H,23,24)/b21-17+. The highest BCUT2D eigenvalue weighted by atomic mass is 32.2. The van der Waals surface area contributed by atoms with Crippen LogP contribution in [0.3, 0.4) is 0 Å². The number of aromatic nitrogens is 2. The van der Waals surface area contributed by atoms with Gasteiger partial charge in [-0.05, 0) is 31.2 Å². The zero-order valence-corrected chi connectivity index (χ0v) is 15.8. The van der Waals surface area contributed by atoms with E-state index in [-0.39, 0.29) is 17.3 Å². The molecule has 3 rings (SSSR count). The lowest BCUT2D eigenvalue weighted by Gasteiger charge is -2.16. The van der Waals surface area contributed by atoms with Gasteiger partial charge in [0.15, 0.2) is 10.9 Å². The van der Waals surface area contributed by atoms with Crippen molar-refractivity contribution in [1.29, 1.82) is 0 Å². The molecule has 1 aliphatic heterocycles. The van der Waals surface area contributed by atoms with Crippen LogP contribution in [-0.4, -0.2) is 50.4 Å². The largest absolute Gasteiger partial charge is 0.497 e. The lowest BCUT2D eigenvalue weighted by atomic mass is 10.2. The van der Waals surface area contributed by atoms with Crippen molar-refractivity contribution in [3.8, 4) is 5.75 Å². The van der Waals surface area contributed by atoms with Gasteiger partial charge >= 0.3 is 5.97 Å². The Hall–Kier alpha value is -3.34. The number of imidazole rings is 1. The number of hydrogen-bond donors (Lipinski definition) is 3. The summed E-state index contributed by atoms with van der Waals surface area (Å²) in [4.78, 5) is 44.0. The van der Waals surface area contributed by atoms with E-state index in [4.69, 9.17) is 9.84 Å². The predicted molar refractivity (Wildman–Crippen MR) is 102 cm³/mol. The number of aryl methyl sites for hydroxylation is 1. The van der Waals surface area contributed by atoms with Crippen molar-refractivity contribution in [1.82, 2.24) is 15.4 Å². The number of carbonyl (C=O) groups is 3. The van der Waals surface area contributed by atoms with Crippen molar-refractivity contribution < 1.29 is 24.2 Å². The number of amides is 2. The maximum atomic E-state index is 12.7. The third-order valence-corrected chi connectivity index (χ3v) is 5.06. The molecule has 1 aromatic carbocycles. The fourth-order valence-corrected chi connectivity index (χ4v) is 3.63. The lowest BCUT2D eigenvalue weighted by Crippen LogP contribution is -2.34. The van der Waals surface area contributed by atoms with Crippen LogP contribution in [0.5, 0.6) is 5.75 Å². The number of methoxy groups -OCH3 is 1. The molecule has 1 atom stereocenters. The Balaban J connectivity index is 1.88. The third-order valence-electron chi connectivity index (χ3n) is 3.92. The van der Waals surface area contributed by atoms with Gasteiger partial charge in [0.05, 0.1) is 25.5 Å². The van der Waals surface area contributed by atoms with Crippen LogP contribution in [-0.2, 0) is 9.59 Å². The Morgan fingerprint density at radius 2 is 2.11 bits per heavy atom. The quantitative estimate of drug-likeness (QED) is 0.619. The number of amidine groups is 1. The second kappa shape index (κ2) is 8.13. The fraction of sp³-hybridized carbons (Fsp3) is 0.235. The van der Waals surface area contributed by atoms with Crippen molar-refractivity contribution >= 4 is 40.4 Å². The van der Waals surface area contributed by atoms with E-state index in [1.807, 2.05) is 0 Å². The molecular formula is C17H17N5O5S. The molecule has 3 N–H and O–H groups in total. The molecule has 146 valence electrons. The lowest BCUT2D eigenvalue weighted by molar-refractivity contribution is -0.138. The van der Waals surface area contributed by atoms with Crippen molar-refractivity contribution in [2.75, 3.05) is 12.0 Å². The second-order valence-corrected chi connectivity index (χ2v) is 6.96. The summed E-state index contributed by atoms with van der Waals surface area (Å²) in [6, 6.07) is 6.63. The number of benzene rings is 1. The Morgan fingerprint density at radius 1 is 1.39 bits per heavy atom. The van der Waals surface area contributed by atoms with Crippen molar-refractivity contribution in [3.05, 3.63) is 42.0 Å². The van der Waals surface area contributed by atoms with Crippen molar-refractivity contribution in [3.63, 3.8) is 0 Å². The van der Waals surface area contributed by atoms with Gasteiger partial charge in [-0.25, -0.2) is 10.4 Å². The zero-order valence-electron chi connectivity index (χ0n) is 15.0. The number of carboxylic acids is 1. The molecule has 1 aromatic heterocycles. The number of hydrogen-bond acceptors (Lipinski definition) is 7. The van der Waals surface area contributed by atoms with Crippen LogP contribution in [0, 0.1) is 6.92 Å². The number of aliphatic carboxylic acids is 1. The fourth-order valence-electron chi connectivity index (χ4n) is 2.54. The Kier molecular flexibility index (Phi) is 5.64. The summed E-state index contributed by atoms with van der Waals surface area (Å²) in [5.74, 6) is -1.47. The first-order valence-corrected chi connectivity index (χ1v) is 9.03. The molecule has 2 heterocycles. The average Bonchev–Trinajstić information content (AvgIpc) is 3.23. The molecule has 0 spiro atoms. The Morgan fingerprint density at radius 3 is 2.68 bits per heavy atom. The van der Waals surface area contributed by atoms with Gasteiger partial charge in [0.25, 0.3) is 5.91 Å². The van der Waals surface area contributed by atoms with Gasteiger partial charge in [-0.2, -0.15) is 0 Å². The van der Waals surface area contributed by atoms with Gasteiger partial charge in [0, 0.05) is 5.69 Å². The van der Waals surface area contributed by atoms with Crippen LogP contribution in [0.4, 0.5) is 5.69 Å². The van der Waals surface area contributed by atoms with E-state index in [0.717, 1.165) is 11.8 Å². The maximum absolute atomic E-state index is 12.7. The first kappa shape index (κ1) is 19.4. The van der Waals surface area contributed by atoms with Crippen LogP contribution < -0.4 is 15.1 Å². The van der Waals surface area contributed by atoms with Crippen LogP contribution in [0.15, 0.2) is 35.7 Å². The van der Waals surface area contributed by atoms with Gasteiger partial charge in [-0.1, -0.05) is 11.8 Å². The topological polar surface area (TPSA) is 137 Å². The van der Waals surface area contributed by atoms with E-state index in [1.54, 1.807) is 31.2 Å². The summed E-state index contributed by atoms with van der Waals surface area (Å²) in [5, 5.41) is 12.4. The second-order valence-electron chi connectivity index (χ2n) is 5.79. The monoisotopic (exact) mass is 403 g/mol. The van der Waals surface area contributed by atoms with E-state index in [1.165, 1.54) is 18.3 Å². The molecule has 1 unspecified atom stereocenters. The third kappa shape index (κ3) is 3.98. The van der Waals surface area contributed by atoms with Gasteiger partial charge in [-0.3, -0.25) is 19.3 Å². The number of nitrogens with zero attached hydrogens (tertiary/aromatic N) is 3. The highest BCUT2D eigenvalue weighted by Gasteiger charge is 2.40. The summed E-state index contributed by atoms with van der Waals surface area (Å²) in [6.45, 7) is 1.69. The molecule has 0 aliphatic carbocycles. The number of H-pyrrole nitrogens is 1. The summed E-state index contributed by atoms with van der Waals surface area (Å²) in [5.41, 5.74) is 3.60. The molecular weight excluding hydrogens is 386 g/mol. The summed E-state index contributed by atoms with van der Waals surface area (Å²) >= 11 is 0.975. The van der Waals surface area contributed by atoms with E-state index in [9.17, 15) is 14.4 Å². The first-order valence-electron chi connectivity index (χ1n) is 8.15. The minimum absolute atomic E-state index is 0.169. The number of thioether (sulfide) groups is 1. The van der Waals surface area contributed by atoms with Crippen molar-refractivity contribution in [2.24, 2.45) is 5.10 Å². The van der Waals surface area contributed by atoms with E-state index >= 15 is 0 Å². The minimum atomic E-state index is -1.10. The molecule has 1 fully saturated rings. The number of ether oxygens (including phenoxy) is 1. The molecule has 0 saturated carbocycles.